The Kier molecular flexibility index (Phi) is 21.3. The van der Waals surface area contributed by atoms with Gasteiger partial charge in [-0.25, -0.2) is 0 Å². The highest BCUT2D eigenvalue weighted by Gasteiger charge is 2.06. The lowest BCUT2D eigenvalue weighted by Gasteiger charge is -2.13. The van der Waals surface area contributed by atoms with Crippen molar-refractivity contribution in [3.05, 3.63) is 12.2 Å². The van der Waals surface area contributed by atoms with Crippen molar-refractivity contribution in [2.24, 2.45) is 0 Å². The first-order valence-corrected chi connectivity index (χ1v) is 13.0. The molecule has 0 bridgehead atoms. The summed E-state index contributed by atoms with van der Waals surface area (Å²) in [5.74, 6) is -0.00435. The molecule has 0 aromatic carbocycles. The minimum Gasteiger partial charge on any atom is -0.350 e. The normalized spacial score (nSPS) is 12.1. The Hall–Kier alpha value is -0.790. The smallest absolute Gasteiger partial charge is 0.246 e. The van der Waals surface area contributed by atoms with Crippen LogP contribution in [0.25, 0.3) is 0 Å². The molecule has 0 fully saturated rings. The molecule has 2 heteroatoms. The van der Waals surface area contributed by atoms with Crippen LogP contribution in [0, 0.1) is 0 Å². The van der Waals surface area contributed by atoms with Crippen LogP contribution in [0.1, 0.15) is 149 Å². The maximum Gasteiger partial charge on any atom is 0.246 e. The Morgan fingerprint density at radius 2 is 0.966 bits per heavy atom. The van der Waals surface area contributed by atoms with Crippen LogP contribution in [0.3, 0.4) is 0 Å². The highest BCUT2D eigenvalue weighted by molar-refractivity contribution is 5.92. The molecule has 0 saturated carbocycles. The Morgan fingerprint density at radius 3 is 1.28 bits per heavy atom. The van der Waals surface area contributed by atoms with E-state index in [4.69, 9.17) is 0 Å². The molecule has 0 heterocycles. The first kappa shape index (κ1) is 28.2. The zero-order valence-corrected chi connectivity index (χ0v) is 20.3. The van der Waals surface area contributed by atoms with Crippen molar-refractivity contribution in [1.29, 1.82) is 0 Å². The largest absolute Gasteiger partial charge is 0.350 e. The van der Waals surface area contributed by atoms with Crippen molar-refractivity contribution in [3.63, 3.8) is 0 Å². The SMILES string of the molecule is C=C(C)C(=O)NC(C)CCCCCCCCCCCCCCCCCCCCC. The highest BCUT2D eigenvalue weighted by atomic mass is 16.1. The van der Waals surface area contributed by atoms with Gasteiger partial charge in [-0.05, 0) is 20.3 Å². The van der Waals surface area contributed by atoms with E-state index >= 15 is 0 Å². The lowest BCUT2D eigenvalue weighted by molar-refractivity contribution is -0.118. The number of amides is 1. The van der Waals surface area contributed by atoms with Crippen LogP contribution in [-0.2, 0) is 4.79 Å². The molecule has 0 saturated heterocycles. The minimum atomic E-state index is -0.00435. The third kappa shape index (κ3) is 21.7. The van der Waals surface area contributed by atoms with E-state index in [1.165, 1.54) is 122 Å². The first-order valence-electron chi connectivity index (χ1n) is 13.0. The average molecular weight is 408 g/mol. The molecule has 0 aliphatic carbocycles. The van der Waals surface area contributed by atoms with Gasteiger partial charge in [0.15, 0.2) is 0 Å². The molecule has 172 valence electrons. The Balaban J connectivity index is 3.15. The fourth-order valence-electron chi connectivity index (χ4n) is 3.95. The monoisotopic (exact) mass is 407 g/mol. The summed E-state index contributed by atoms with van der Waals surface area (Å²) >= 11 is 0. The van der Waals surface area contributed by atoms with E-state index in [9.17, 15) is 4.79 Å². The van der Waals surface area contributed by atoms with Gasteiger partial charge in [-0.1, -0.05) is 135 Å². The van der Waals surface area contributed by atoms with E-state index in [0.29, 0.717) is 5.57 Å². The lowest BCUT2D eigenvalue weighted by Crippen LogP contribution is -2.32. The van der Waals surface area contributed by atoms with Gasteiger partial charge in [0.1, 0.15) is 0 Å². The van der Waals surface area contributed by atoms with Crippen molar-refractivity contribution < 1.29 is 4.79 Å². The second-order valence-electron chi connectivity index (χ2n) is 9.31. The number of rotatable bonds is 22. The predicted octanol–water partition coefficient (Wildman–Crippen LogP) is 8.89. The molecule has 0 aliphatic rings. The Labute approximate surface area is 183 Å². The van der Waals surface area contributed by atoms with Crippen LogP contribution >= 0.6 is 0 Å². The summed E-state index contributed by atoms with van der Waals surface area (Å²) in [4.78, 5) is 11.5. The van der Waals surface area contributed by atoms with Crippen LogP contribution in [0.15, 0.2) is 12.2 Å². The summed E-state index contributed by atoms with van der Waals surface area (Å²) in [5, 5.41) is 3.00. The van der Waals surface area contributed by atoms with Crippen LogP contribution in [0.4, 0.5) is 0 Å². The van der Waals surface area contributed by atoms with Crippen molar-refractivity contribution in [1.82, 2.24) is 5.32 Å². The standard InChI is InChI=1S/C27H53NO/c1-5-6-7-8-9-10-11-12-13-14-15-16-17-18-19-20-21-22-23-24-26(4)28-27(29)25(2)3/h26H,2,5-24H2,1,3-4H3,(H,28,29). The fourth-order valence-corrected chi connectivity index (χ4v) is 3.95. The van der Waals surface area contributed by atoms with Crippen molar-refractivity contribution >= 4 is 5.91 Å². The van der Waals surface area contributed by atoms with Gasteiger partial charge in [0.2, 0.25) is 5.91 Å². The topological polar surface area (TPSA) is 29.1 Å². The minimum absolute atomic E-state index is 0.00435. The number of hydrogen-bond acceptors (Lipinski definition) is 1. The van der Waals surface area contributed by atoms with Crippen molar-refractivity contribution in [3.8, 4) is 0 Å². The molecule has 1 amide bonds. The van der Waals surface area contributed by atoms with Crippen molar-refractivity contribution in [2.75, 3.05) is 0 Å². The van der Waals surface area contributed by atoms with Crippen LogP contribution < -0.4 is 5.32 Å². The van der Waals surface area contributed by atoms with Crippen LogP contribution in [-0.4, -0.2) is 11.9 Å². The molecule has 0 aliphatic heterocycles. The van der Waals surface area contributed by atoms with Gasteiger partial charge in [0.25, 0.3) is 0 Å². The lowest BCUT2D eigenvalue weighted by atomic mass is 10.0. The maximum atomic E-state index is 11.5. The van der Waals surface area contributed by atoms with E-state index < -0.39 is 0 Å². The van der Waals surface area contributed by atoms with Crippen molar-refractivity contribution in [2.45, 2.75) is 155 Å². The van der Waals surface area contributed by atoms with Gasteiger partial charge in [-0.2, -0.15) is 0 Å². The third-order valence-corrected chi connectivity index (χ3v) is 6.01. The second kappa shape index (κ2) is 21.9. The molecule has 0 aromatic heterocycles. The summed E-state index contributed by atoms with van der Waals surface area (Å²) < 4.78 is 0. The zero-order valence-electron chi connectivity index (χ0n) is 20.3. The molecule has 0 rings (SSSR count). The molecule has 2 nitrogen and oxygen atoms in total. The molecule has 1 unspecified atom stereocenters. The van der Waals surface area contributed by atoms with E-state index in [1.54, 1.807) is 6.92 Å². The number of unbranched alkanes of at least 4 members (excludes halogenated alkanes) is 18. The number of carbonyl (C=O) groups excluding carboxylic acids is 1. The van der Waals surface area contributed by atoms with E-state index in [1.807, 2.05) is 0 Å². The highest BCUT2D eigenvalue weighted by Crippen LogP contribution is 2.15. The molecule has 0 radical (unpaired) electrons. The molecular weight excluding hydrogens is 354 g/mol. The first-order chi connectivity index (χ1) is 14.1. The van der Waals surface area contributed by atoms with Gasteiger partial charge < -0.3 is 5.32 Å². The second-order valence-corrected chi connectivity index (χ2v) is 9.31. The van der Waals surface area contributed by atoms with Gasteiger partial charge in [0.05, 0.1) is 0 Å². The molecule has 0 aromatic rings. The zero-order chi connectivity index (χ0) is 21.6. The third-order valence-electron chi connectivity index (χ3n) is 6.01. The predicted molar refractivity (Wildman–Crippen MR) is 130 cm³/mol. The van der Waals surface area contributed by atoms with Gasteiger partial charge in [0, 0.05) is 11.6 Å². The quantitative estimate of drug-likeness (QED) is 0.141. The summed E-state index contributed by atoms with van der Waals surface area (Å²) in [6.07, 6.45) is 27.9. The van der Waals surface area contributed by atoms with Gasteiger partial charge >= 0.3 is 0 Å². The van der Waals surface area contributed by atoms with Crippen LogP contribution in [0.2, 0.25) is 0 Å². The fraction of sp³-hybridized carbons (Fsp3) is 0.889. The van der Waals surface area contributed by atoms with Gasteiger partial charge in [-0.15, -0.1) is 0 Å². The van der Waals surface area contributed by atoms with Gasteiger partial charge in [-0.3, -0.25) is 4.79 Å². The molecule has 0 spiro atoms. The van der Waals surface area contributed by atoms with Crippen LogP contribution in [0.5, 0.6) is 0 Å². The summed E-state index contributed by atoms with van der Waals surface area (Å²) in [6.45, 7) is 9.83. The number of nitrogens with one attached hydrogen (secondary N) is 1. The summed E-state index contributed by atoms with van der Waals surface area (Å²) in [5.41, 5.74) is 0.602. The summed E-state index contributed by atoms with van der Waals surface area (Å²) in [6, 6.07) is 0.269. The van der Waals surface area contributed by atoms with E-state index in [0.717, 1.165) is 6.42 Å². The number of carbonyl (C=O) groups is 1. The summed E-state index contributed by atoms with van der Waals surface area (Å²) in [7, 11) is 0. The van der Waals surface area contributed by atoms with E-state index in [2.05, 4.69) is 25.7 Å². The average Bonchev–Trinajstić information content (AvgIpc) is 2.69. The molecule has 1 N–H and O–H groups in total. The number of hydrogen-bond donors (Lipinski definition) is 1. The molecule has 1 atom stereocenters. The van der Waals surface area contributed by atoms with E-state index in [-0.39, 0.29) is 11.9 Å². The maximum absolute atomic E-state index is 11.5. The molecular formula is C27H53NO. The Morgan fingerprint density at radius 1 is 0.655 bits per heavy atom. The molecule has 29 heavy (non-hydrogen) atoms. The Bertz CT molecular complexity index is 377.